The summed E-state index contributed by atoms with van der Waals surface area (Å²) in [4.78, 5) is 26.3. The van der Waals surface area contributed by atoms with Crippen molar-refractivity contribution in [1.82, 2.24) is 10.3 Å². The highest BCUT2D eigenvalue weighted by molar-refractivity contribution is 5.96. The minimum absolute atomic E-state index is 0.250. The van der Waals surface area contributed by atoms with Crippen molar-refractivity contribution in [3.63, 3.8) is 0 Å². The molecule has 0 fully saturated rings. The minimum atomic E-state index is -0.279. The average molecular weight is 260 g/mol. The number of aromatic amines is 1. The van der Waals surface area contributed by atoms with Crippen LogP contribution in [0.15, 0.2) is 35.1 Å². The number of hydrogen-bond acceptors (Lipinski definition) is 3. The summed E-state index contributed by atoms with van der Waals surface area (Å²) in [5.74, 6) is -0.279. The third-order valence-electron chi connectivity index (χ3n) is 2.81. The van der Waals surface area contributed by atoms with Crippen molar-refractivity contribution in [3.05, 3.63) is 46.4 Å². The molecule has 1 aromatic heterocycles. The SMILES string of the molecule is COCCCNC(=O)c1cc2ccccc2c(=O)[nH]1. The molecule has 0 saturated heterocycles. The number of methoxy groups -OCH3 is 1. The molecule has 1 amide bonds. The van der Waals surface area contributed by atoms with Crippen LogP contribution in [0.4, 0.5) is 0 Å². The second kappa shape index (κ2) is 6.15. The topological polar surface area (TPSA) is 71.2 Å². The minimum Gasteiger partial charge on any atom is -0.385 e. The number of carbonyl (C=O) groups is 1. The van der Waals surface area contributed by atoms with Crippen molar-refractivity contribution in [2.45, 2.75) is 6.42 Å². The molecular weight excluding hydrogens is 244 g/mol. The lowest BCUT2D eigenvalue weighted by Crippen LogP contribution is -2.27. The quantitative estimate of drug-likeness (QED) is 0.796. The second-order valence-corrected chi connectivity index (χ2v) is 4.20. The average Bonchev–Trinajstić information content (AvgIpc) is 2.43. The molecule has 100 valence electrons. The van der Waals surface area contributed by atoms with Crippen LogP contribution in [-0.4, -0.2) is 31.2 Å². The molecule has 0 radical (unpaired) electrons. The van der Waals surface area contributed by atoms with E-state index in [0.29, 0.717) is 18.5 Å². The van der Waals surface area contributed by atoms with E-state index in [9.17, 15) is 9.59 Å². The first-order valence-electron chi connectivity index (χ1n) is 6.11. The largest absolute Gasteiger partial charge is 0.385 e. The van der Waals surface area contributed by atoms with E-state index in [4.69, 9.17) is 4.74 Å². The molecule has 0 aliphatic carbocycles. The van der Waals surface area contributed by atoms with Crippen LogP contribution in [0.2, 0.25) is 0 Å². The lowest BCUT2D eigenvalue weighted by Gasteiger charge is -2.05. The van der Waals surface area contributed by atoms with Crippen molar-refractivity contribution in [1.29, 1.82) is 0 Å². The smallest absolute Gasteiger partial charge is 0.267 e. The molecule has 5 nitrogen and oxygen atoms in total. The molecule has 0 saturated carbocycles. The van der Waals surface area contributed by atoms with Gasteiger partial charge in [-0.3, -0.25) is 9.59 Å². The zero-order chi connectivity index (χ0) is 13.7. The Hall–Kier alpha value is -2.14. The molecule has 0 aliphatic heterocycles. The van der Waals surface area contributed by atoms with Gasteiger partial charge in [-0.1, -0.05) is 18.2 Å². The third-order valence-corrected chi connectivity index (χ3v) is 2.81. The monoisotopic (exact) mass is 260 g/mol. The van der Waals surface area contributed by atoms with Crippen LogP contribution in [0.5, 0.6) is 0 Å². The number of ether oxygens (including phenoxy) is 1. The van der Waals surface area contributed by atoms with E-state index in [2.05, 4.69) is 10.3 Å². The molecule has 2 rings (SSSR count). The van der Waals surface area contributed by atoms with Gasteiger partial charge in [-0.25, -0.2) is 0 Å². The molecule has 0 spiro atoms. The van der Waals surface area contributed by atoms with Gasteiger partial charge < -0.3 is 15.0 Å². The number of hydrogen-bond donors (Lipinski definition) is 2. The highest BCUT2D eigenvalue weighted by Gasteiger charge is 2.08. The lowest BCUT2D eigenvalue weighted by molar-refractivity contribution is 0.0943. The van der Waals surface area contributed by atoms with Crippen LogP contribution in [-0.2, 0) is 4.74 Å². The van der Waals surface area contributed by atoms with E-state index in [0.717, 1.165) is 11.8 Å². The Morgan fingerprint density at radius 2 is 2.16 bits per heavy atom. The first-order chi connectivity index (χ1) is 9.22. The second-order valence-electron chi connectivity index (χ2n) is 4.20. The number of amides is 1. The molecular formula is C14H16N2O3. The molecule has 0 aliphatic rings. The van der Waals surface area contributed by atoms with Crippen LogP contribution in [0.3, 0.4) is 0 Å². The highest BCUT2D eigenvalue weighted by Crippen LogP contribution is 2.09. The van der Waals surface area contributed by atoms with Crippen molar-refractivity contribution < 1.29 is 9.53 Å². The van der Waals surface area contributed by atoms with Gasteiger partial charge in [0.15, 0.2) is 0 Å². The van der Waals surface area contributed by atoms with E-state index in [1.165, 1.54) is 0 Å². The summed E-state index contributed by atoms with van der Waals surface area (Å²) in [6.45, 7) is 1.11. The summed E-state index contributed by atoms with van der Waals surface area (Å²) < 4.78 is 4.90. The zero-order valence-corrected chi connectivity index (χ0v) is 10.7. The fraction of sp³-hybridized carbons (Fsp3) is 0.286. The number of aromatic nitrogens is 1. The first-order valence-corrected chi connectivity index (χ1v) is 6.11. The van der Waals surface area contributed by atoms with Crippen molar-refractivity contribution >= 4 is 16.7 Å². The predicted octanol–water partition coefficient (Wildman–Crippen LogP) is 1.29. The van der Waals surface area contributed by atoms with Crippen molar-refractivity contribution in [3.8, 4) is 0 Å². The number of rotatable bonds is 5. The van der Waals surface area contributed by atoms with E-state index < -0.39 is 0 Å². The molecule has 2 aromatic rings. The Morgan fingerprint density at radius 3 is 2.95 bits per heavy atom. The van der Waals surface area contributed by atoms with Gasteiger partial charge in [-0.15, -0.1) is 0 Å². The molecule has 1 aromatic carbocycles. The van der Waals surface area contributed by atoms with Gasteiger partial charge >= 0.3 is 0 Å². The summed E-state index contributed by atoms with van der Waals surface area (Å²) in [6, 6.07) is 8.85. The van der Waals surface area contributed by atoms with E-state index in [-0.39, 0.29) is 17.2 Å². The predicted molar refractivity (Wildman–Crippen MR) is 73.4 cm³/mol. The van der Waals surface area contributed by atoms with Gasteiger partial charge in [0.1, 0.15) is 5.69 Å². The van der Waals surface area contributed by atoms with Crippen LogP contribution in [0, 0.1) is 0 Å². The summed E-state index contributed by atoms with van der Waals surface area (Å²) in [5, 5.41) is 4.08. The molecule has 0 bridgehead atoms. The molecule has 5 heteroatoms. The number of H-pyrrole nitrogens is 1. The van der Waals surface area contributed by atoms with Gasteiger partial charge in [-0.05, 0) is 23.9 Å². The maximum atomic E-state index is 11.9. The van der Waals surface area contributed by atoms with Crippen molar-refractivity contribution in [2.24, 2.45) is 0 Å². The van der Waals surface area contributed by atoms with Crippen LogP contribution < -0.4 is 10.9 Å². The van der Waals surface area contributed by atoms with Gasteiger partial charge in [0.2, 0.25) is 0 Å². The maximum Gasteiger partial charge on any atom is 0.267 e. The van der Waals surface area contributed by atoms with E-state index in [1.54, 1.807) is 25.3 Å². The standard InChI is InChI=1S/C14H16N2O3/c1-19-8-4-7-15-14(18)12-9-10-5-2-3-6-11(10)13(17)16-12/h2-3,5-6,9H,4,7-8H2,1H3,(H,15,18)(H,16,17). The Labute approximate surface area is 110 Å². The Balaban J connectivity index is 2.16. The summed E-state index contributed by atoms with van der Waals surface area (Å²) >= 11 is 0. The third kappa shape index (κ3) is 3.20. The number of carbonyl (C=O) groups excluding carboxylic acids is 1. The number of pyridine rings is 1. The Kier molecular flexibility index (Phi) is 4.30. The molecule has 1 heterocycles. The zero-order valence-electron chi connectivity index (χ0n) is 10.7. The normalized spacial score (nSPS) is 10.6. The summed E-state index contributed by atoms with van der Waals surface area (Å²) in [6.07, 6.45) is 0.736. The van der Waals surface area contributed by atoms with Crippen molar-refractivity contribution in [2.75, 3.05) is 20.3 Å². The highest BCUT2D eigenvalue weighted by atomic mass is 16.5. The maximum absolute atomic E-state index is 11.9. The fourth-order valence-electron chi connectivity index (χ4n) is 1.85. The summed E-state index contributed by atoms with van der Waals surface area (Å²) in [5.41, 5.74) is 0.0289. The lowest BCUT2D eigenvalue weighted by atomic mass is 10.1. The van der Waals surface area contributed by atoms with Gasteiger partial charge in [-0.2, -0.15) is 0 Å². The van der Waals surface area contributed by atoms with Gasteiger partial charge in [0.25, 0.3) is 11.5 Å². The number of fused-ring (bicyclic) bond motifs is 1. The van der Waals surface area contributed by atoms with Gasteiger partial charge in [0.05, 0.1) is 0 Å². The fourth-order valence-corrected chi connectivity index (χ4v) is 1.85. The first kappa shape index (κ1) is 13.3. The van der Waals surface area contributed by atoms with Crippen LogP contribution in [0.25, 0.3) is 10.8 Å². The molecule has 19 heavy (non-hydrogen) atoms. The summed E-state index contributed by atoms with van der Waals surface area (Å²) in [7, 11) is 1.61. The Bertz CT molecular complexity index is 634. The van der Waals surface area contributed by atoms with Crippen LogP contribution >= 0.6 is 0 Å². The number of benzene rings is 1. The van der Waals surface area contributed by atoms with E-state index in [1.807, 2.05) is 12.1 Å². The Morgan fingerprint density at radius 1 is 1.37 bits per heavy atom. The molecule has 2 N–H and O–H groups in total. The molecule has 0 atom stereocenters. The van der Waals surface area contributed by atoms with E-state index >= 15 is 0 Å². The number of nitrogens with one attached hydrogen (secondary N) is 2. The van der Waals surface area contributed by atoms with Crippen LogP contribution in [0.1, 0.15) is 16.9 Å². The molecule has 0 unspecified atom stereocenters. The van der Waals surface area contributed by atoms with Gasteiger partial charge in [0, 0.05) is 25.6 Å².